The van der Waals surface area contributed by atoms with Gasteiger partial charge in [0.15, 0.2) is 0 Å². The van der Waals surface area contributed by atoms with Gasteiger partial charge in [0.1, 0.15) is 11.3 Å². The molecular formula is C18H21BrN6O5. The van der Waals surface area contributed by atoms with E-state index in [-0.39, 0.29) is 0 Å². The Morgan fingerprint density at radius 3 is 2.40 bits per heavy atom. The zero-order valence-electron chi connectivity index (χ0n) is 16.0. The molecule has 2 heterocycles. The lowest BCUT2D eigenvalue weighted by atomic mass is 9.95. The van der Waals surface area contributed by atoms with Gasteiger partial charge < -0.3 is 26.5 Å². The number of halogens is 1. The molecule has 11 nitrogen and oxygen atoms in total. The van der Waals surface area contributed by atoms with Crippen LogP contribution in [-0.2, 0) is 11.2 Å². The summed E-state index contributed by atoms with van der Waals surface area (Å²) < 4.78 is 6.11. The summed E-state index contributed by atoms with van der Waals surface area (Å²) in [7, 11) is 0. The van der Waals surface area contributed by atoms with Gasteiger partial charge in [0, 0.05) is 16.6 Å². The van der Waals surface area contributed by atoms with Gasteiger partial charge in [-0.1, -0.05) is 15.9 Å². The molecule has 1 aromatic heterocycles. The molecule has 1 aliphatic rings. The van der Waals surface area contributed by atoms with Crippen molar-refractivity contribution in [3.63, 3.8) is 0 Å². The molecule has 1 saturated heterocycles. The first-order valence-corrected chi connectivity index (χ1v) is 9.47. The second kappa shape index (κ2) is 9.78. The highest BCUT2D eigenvalue weighted by atomic mass is 79.9. The summed E-state index contributed by atoms with van der Waals surface area (Å²) in [5.74, 6) is 0.188. The molecule has 1 aromatic carbocycles. The molecule has 1 aliphatic heterocycles. The first-order valence-electron chi connectivity index (χ1n) is 8.68. The van der Waals surface area contributed by atoms with E-state index < -0.39 is 29.5 Å². The number of hydrogen-bond acceptors (Lipinski definition) is 5. The Balaban J connectivity index is 0.000000735. The van der Waals surface area contributed by atoms with E-state index in [1.165, 1.54) is 0 Å². The van der Waals surface area contributed by atoms with Gasteiger partial charge in [-0.2, -0.15) is 5.01 Å². The number of nitrogens with zero attached hydrogens (tertiary/aromatic N) is 1. The third-order valence-corrected chi connectivity index (χ3v) is 4.56. The summed E-state index contributed by atoms with van der Waals surface area (Å²) in [5.41, 5.74) is 10.2. The Morgan fingerprint density at radius 1 is 1.20 bits per heavy atom. The van der Waals surface area contributed by atoms with Gasteiger partial charge >= 0.3 is 18.1 Å². The largest absolute Gasteiger partial charge is 0.469 e. The number of nitrogens with two attached hydrogens (primary N) is 2. The first kappa shape index (κ1) is 22.7. The normalized spacial score (nSPS) is 17.6. The van der Waals surface area contributed by atoms with E-state index in [2.05, 4.69) is 43.5 Å². The third-order valence-electron chi connectivity index (χ3n) is 4.03. The third kappa shape index (κ3) is 6.24. The van der Waals surface area contributed by atoms with Gasteiger partial charge in [-0.05, 0) is 49.7 Å². The molecule has 3 rings (SSSR count). The number of amides is 7. The molecule has 7 N–H and O–H groups in total. The van der Waals surface area contributed by atoms with Gasteiger partial charge in [-0.15, -0.1) is 0 Å². The van der Waals surface area contributed by atoms with Crippen molar-refractivity contribution in [1.29, 1.82) is 0 Å². The average molecular weight is 481 g/mol. The van der Waals surface area contributed by atoms with Crippen LogP contribution >= 0.6 is 15.9 Å². The number of anilines is 1. The number of furan rings is 1. The molecule has 12 heteroatoms. The zero-order valence-corrected chi connectivity index (χ0v) is 17.6. The minimum Gasteiger partial charge on any atom is -0.469 e. The fraction of sp³-hybridized carbons (Fsp3) is 0.222. The number of aryl methyl sites for hydroxylation is 1. The number of nitrogens with one attached hydrogen (secondary N) is 3. The lowest BCUT2D eigenvalue weighted by Crippen LogP contribution is -2.50. The van der Waals surface area contributed by atoms with Gasteiger partial charge in [-0.3, -0.25) is 4.79 Å². The van der Waals surface area contributed by atoms with Crippen LogP contribution in [0.4, 0.5) is 20.1 Å². The van der Waals surface area contributed by atoms with E-state index in [4.69, 9.17) is 9.21 Å². The summed E-state index contributed by atoms with van der Waals surface area (Å²) in [5, 5.41) is 5.87. The zero-order chi connectivity index (χ0) is 22.3. The standard InChI is InChI=1S/C17H17BrN4O4.CH4N2O/c1-17(9-8-13-3-2-10-26-13)14(23)22(16(25)20-17)21-15(24)19-12-6-4-11(18)5-7-12;2-1(3)4/h2-7,10H,8-9H2,1H3,(H,20,25)(H2,19,21,24);(H4,2,3,4). The van der Waals surface area contributed by atoms with E-state index in [1.807, 2.05) is 0 Å². The lowest BCUT2D eigenvalue weighted by Gasteiger charge is -2.21. The number of carbonyl (C=O) groups excluding carboxylic acids is 4. The molecule has 1 fully saturated rings. The van der Waals surface area contributed by atoms with Crippen LogP contribution in [0.3, 0.4) is 0 Å². The van der Waals surface area contributed by atoms with Crippen LogP contribution in [-0.4, -0.2) is 34.5 Å². The Labute approximate surface area is 180 Å². The summed E-state index contributed by atoms with van der Waals surface area (Å²) in [4.78, 5) is 45.8. The van der Waals surface area contributed by atoms with E-state index in [0.717, 1.165) is 4.47 Å². The number of carbonyl (C=O) groups is 4. The second-order valence-electron chi connectivity index (χ2n) is 6.46. The topological polar surface area (TPSA) is 173 Å². The molecule has 7 amide bonds. The molecule has 160 valence electrons. The van der Waals surface area contributed by atoms with Gasteiger partial charge in [0.2, 0.25) is 0 Å². The Bertz CT molecular complexity index is 914. The summed E-state index contributed by atoms with van der Waals surface area (Å²) in [6.07, 6.45) is 2.37. The number of imide groups is 1. The number of hydrazine groups is 1. The van der Waals surface area contributed by atoms with Crippen molar-refractivity contribution in [2.75, 3.05) is 5.32 Å². The second-order valence-corrected chi connectivity index (χ2v) is 7.37. The highest BCUT2D eigenvalue weighted by molar-refractivity contribution is 9.10. The molecule has 1 atom stereocenters. The average Bonchev–Trinajstić information content (AvgIpc) is 3.25. The van der Waals surface area contributed by atoms with E-state index in [0.29, 0.717) is 29.3 Å². The number of hydrogen-bond donors (Lipinski definition) is 5. The Hall–Kier alpha value is -3.54. The van der Waals surface area contributed by atoms with Crippen LogP contribution in [0, 0.1) is 0 Å². The predicted molar refractivity (Wildman–Crippen MR) is 111 cm³/mol. The predicted octanol–water partition coefficient (Wildman–Crippen LogP) is 2.05. The van der Waals surface area contributed by atoms with Crippen molar-refractivity contribution < 1.29 is 23.6 Å². The molecule has 0 bridgehead atoms. The van der Waals surface area contributed by atoms with Crippen molar-refractivity contribution in [3.8, 4) is 0 Å². The maximum Gasteiger partial charge on any atom is 0.344 e. The fourth-order valence-electron chi connectivity index (χ4n) is 2.58. The van der Waals surface area contributed by atoms with Crippen LogP contribution in [0.25, 0.3) is 0 Å². The smallest absolute Gasteiger partial charge is 0.344 e. The van der Waals surface area contributed by atoms with Crippen LogP contribution in [0.15, 0.2) is 51.6 Å². The molecule has 1 unspecified atom stereocenters. The Morgan fingerprint density at radius 2 is 1.83 bits per heavy atom. The minimum atomic E-state index is -1.12. The lowest BCUT2D eigenvalue weighted by molar-refractivity contribution is -0.132. The Kier molecular flexibility index (Phi) is 7.42. The number of benzene rings is 1. The van der Waals surface area contributed by atoms with Crippen molar-refractivity contribution in [2.24, 2.45) is 11.5 Å². The van der Waals surface area contributed by atoms with Gasteiger partial charge in [-0.25, -0.2) is 19.8 Å². The number of rotatable bonds is 5. The highest BCUT2D eigenvalue weighted by Crippen LogP contribution is 2.22. The van der Waals surface area contributed by atoms with Crippen LogP contribution < -0.4 is 27.5 Å². The maximum absolute atomic E-state index is 12.6. The number of urea groups is 3. The quantitative estimate of drug-likeness (QED) is 0.411. The van der Waals surface area contributed by atoms with Crippen molar-refractivity contribution in [1.82, 2.24) is 15.8 Å². The van der Waals surface area contributed by atoms with E-state index >= 15 is 0 Å². The molecule has 0 radical (unpaired) electrons. The van der Waals surface area contributed by atoms with Crippen molar-refractivity contribution in [2.45, 2.75) is 25.3 Å². The molecular weight excluding hydrogens is 460 g/mol. The molecule has 30 heavy (non-hydrogen) atoms. The van der Waals surface area contributed by atoms with Crippen LogP contribution in [0.2, 0.25) is 0 Å². The number of primary amides is 2. The SMILES string of the molecule is CC1(CCc2ccco2)NC(=O)N(NC(=O)Nc2ccc(Br)cc2)C1=O.NC(N)=O. The van der Waals surface area contributed by atoms with Crippen molar-refractivity contribution in [3.05, 3.63) is 52.9 Å². The minimum absolute atomic E-state index is 0.345. The van der Waals surface area contributed by atoms with Gasteiger partial charge in [0.25, 0.3) is 5.91 Å². The molecule has 0 spiro atoms. The van der Waals surface area contributed by atoms with Gasteiger partial charge in [0.05, 0.1) is 6.26 Å². The summed E-state index contributed by atoms with van der Waals surface area (Å²) in [6.45, 7) is 1.62. The summed E-state index contributed by atoms with van der Waals surface area (Å²) >= 11 is 3.30. The molecule has 0 saturated carbocycles. The first-order chi connectivity index (χ1) is 14.1. The highest BCUT2D eigenvalue weighted by Gasteiger charge is 2.48. The van der Waals surface area contributed by atoms with E-state index in [9.17, 15) is 14.4 Å². The summed E-state index contributed by atoms with van der Waals surface area (Å²) in [6, 6.07) is 8.24. The monoisotopic (exact) mass is 480 g/mol. The maximum atomic E-state index is 12.6. The van der Waals surface area contributed by atoms with Crippen molar-refractivity contribution >= 4 is 45.6 Å². The van der Waals surface area contributed by atoms with E-state index in [1.54, 1.807) is 49.6 Å². The molecule has 2 aromatic rings. The fourth-order valence-corrected chi connectivity index (χ4v) is 2.84. The van der Waals surface area contributed by atoms with Crippen LogP contribution in [0.5, 0.6) is 0 Å². The molecule has 0 aliphatic carbocycles. The van der Waals surface area contributed by atoms with Crippen LogP contribution in [0.1, 0.15) is 19.1 Å².